The maximum Gasteiger partial charge on any atom is 0.270 e. The van der Waals surface area contributed by atoms with E-state index in [0.717, 1.165) is 28.2 Å². The topological polar surface area (TPSA) is 126 Å². The molecule has 37 heavy (non-hydrogen) atoms. The van der Waals surface area contributed by atoms with Gasteiger partial charge in [0.1, 0.15) is 11.4 Å². The number of aromatic nitrogens is 1. The number of hydrogen-bond acceptors (Lipinski definition) is 5. The molecule has 4 aromatic rings. The van der Waals surface area contributed by atoms with Crippen LogP contribution in [0.2, 0.25) is 0 Å². The molecule has 4 rings (SSSR count). The van der Waals surface area contributed by atoms with Gasteiger partial charge in [-0.2, -0.15) is 0 Å². The predicted octanol–water partition coefficient (Wildman–Crippen LogP) is 4.52. The number of H-pyrrole nitrogens is 1. The lowest BCUT2D eigenvalue weighted by Gasteiger charge is -2.12. The van der Waals surface area contributed by atoms with Gasteiger partial charge in [-0.05, 0) is 54.8 Å². The van der Waals surface area contributed by atoms with Crippen LogP contribution < -0.4 is 15.4 Å². The molecule has 9 heteroatoms. The number of fused-ring (bicyclic) bond motifs is 1. The van der Waals surface area contributed by atoms with Gasteiger partial charge in [-0.15, -0.1) is 0 Å². The molecule has 9 nitrogen and oxygen atoms in total. The van der Waals surface area contributed by atoms with Crippen LogP contribution in [0, 0.1) is 17.0 Å². The summed E-state index contributed by atoms with van der Waals surface area (Å²) in [5.41, 5.74) is 3.70. The van der Waals surface area contributed by atoms with E-state index in [-0.39, 0.29) is 16.9 Å². The van der Waals surface area contributed by atoms with Crippen LogP contribution in [0.15, 0.2) is 78.5 Å². The molecule has 2 amide bonds. The Kier molecular flexibility index (Phi) is 7.63. The number of amides is 2. The van der Waals surface area contributed by atoms with Crippen molar-refractivity contribution < 1.29 is 19.2 Å². The Morgan fingerprint density at radius 2 is 1.81 bits per heavy atom. The highest BCUT2D eigenvalue weighted by Gasteiger charge is 2.17. The van der Waals surface area contributed by atoms with Crippen LogP contribution >= 0.6 is 0 Å². The number of methoxy groups -OCH3 is 1. The number of nitrogens with zero attached hydrogens (tertiary/aromatic N) is 1. The molecule has 1 heterocycles. The normalized spacial score (nSPS) is 11.2. The van der Waals surface area contributed by atoms with E-state index >= 15 is 0 Å². The summed E-state index contributed by atoms with van der Waals surface area (Å²) >= 11 is 0. The third-order valence-corrected chi connectivity index (χ3v) is 5.93. The van der Waals surface area contributed by atoms with Crippen LogP contribution in [-0.2, 0) is 11.2 Å². The van der Waals surface area contributed by atoms with Gasteiger partial charge in [-0.3, -0.25) is 19.7 Å². The van der Waals surface area contributed by atoms with Crippen LogP contribution in [0.1, 0.15) is 27.2 Å². The maximum absolute atomic E-state index is 13.2. The minimum absolute atomic E-state index is 0.0114. The summed E-state index contributed by atoms with van der Waals surface area (Å²) in [6.45, 7) is 2.33. The molecular weight excluding hydrogens is 472 g/mol. The zero-order valence-electron chi connectivity index (χ0n) is 20.4. The Hall–Kier alpha value is -4.92. The molecule has 0 aliphatic carbocycles. The number of nitro groups is 1. The fourth-order valence-electron chi connectivity index (χ4n) is 4.03. The standard InChI is InChI=1S/C28H26N4O5/c1-18-23(24-8-3-4-9-25(24)30-18)14-15-29-28(34)26(16-19-10-12-22(37-2)13-11-19)31-27(33)20-6-5-7-21(17-20)32(35)36/h3-13,16-17,30H,14-15H2,1-2H3,(H,29,34)(H,31,33)/b26-16-. The van der Waals surface area contributed by atoms with E-state index in [2.05, 4.69) is 15.6 Å². The molecule has 0 aliphatic heterocycles. The molecule has 3 N–H and O–H groups in total. The number of ether oxygens (including phenoxy) is 1. The van der Waals surface area contributed by atoms with Crippen molar-refractivity contribution in [1.82, 2.24) is 15.6 Å². The quantitative estimate of drug-likeness (QED) is 0.178. The Morgan fingerprint density at radius 3 is 2.54 bits per heavy atom. The van der Waals surface area contributed by atoms with E-state index in [1.54, 1.807) is 37.5 Å². The second-order valence-corrected chi connectivity index (χ2v) is 8.37. The van der Waals surface area contributed by atoms with Gasteiger partial charge in [-0.1, -0.05) is 36.4 Å². The highest BCUT2D eigenvalue weighted by molar-refractivity contribution is 6.05. The number of non-ortho nitro benzene ring substituents is 1. The summed E-state index contributed by atoms with van der Waals surface area (Å²) in [7, 11) is 1.55. The fourth-order valence-corrected chi connectivity index (χ4v) is 4.03. The third-order valence-electron chi connectivity index (χ3n) is 5.93. The first kappa shape index (κ1) is 25.2. The van der Waals surface area contributed by atoms with E-state index < -0.39 is 16.7 Å². The van der Waals surface area contributed by atoms with Crippen molar-refractivity contribution in [3.63, 3.8) is 0 Å². The number of carbonyl (C=O) groups excluding carboxylic acids is 2. The zero-order chi connectivity index (χ0) is 26.4. The van der Waals surface area contributed by atoms with Gasteiger partial charge in [0.15, 0.2) is 0 Å². The van der Waals surface area contributed by atoms with Gasteiger partial charge in [0, 0.05) is 40.8 Å². The van der Waals surface area contributed by atoms with E-state index in [4.69, 9.17) is 4.74 Å². The van der Waals surface area contributed by atoms with Gasteiger partial charge >= 0.3 is 0 Å². The van der Waals surface area contributed by atoms with Crippen LogP contribution in [0.25, 0.3) is 17.0 Å². The molecule has 0 radical (unpaired) electrons. The second kappa shape index (κ2) is 11.2. The van der Waals surface area contributed by atoms with Gasteiger partial charge in [0.25, 0.3) is 17.5 Å². The largest absolute Gasteiger partial charge is 0.497 e. The number of rotatable bonds is 9. The highest BCUT2D eigenvalue weighted by atomic mass is 16.6. The molecule has 0 bridgehead atoms. The van der Waals surface area contributed by atoms with Crippen molar-refractivity contribution in [1.29, 1.82) is 0 Å². The van der Waals surface area contributed by atoms with Gasteiger partial charge in [-0.25, -0.2) is 0 Å². The van der Waals surface area contributed by atoms with E-state index in [0.29, 0.717) is 24.3 Å². The Morgan fingerprint density at radius 1 is 1.05 bits per heavy atom. The average Bonchev–Trinajstić information content (AvgIpc) is 3.23. The van der Waals surface area contributed by atoms with Crippen LogP contribution in [0.5, 0.6) is 5.75 Å². The molecular formula is C28H26N4O5. The van der Waals surface area contributed by atoms with Gasteiger partial charge in [0.2, 0.25) is 0 Å². The fraction of sp³-hybridized carbons (Fsp3) is 0.143. The van der Waals surface area contributed by atoms with Crippen molar-refractivity contribution >= 4 is 34.5 Å². The minimum Gasteiger partial charge on any atom is -0.497 e. The summed E-state index contributed by atoms with van der Waals surface area (Å²) in [5, 5.41) is 17.7. The molecule has 188 valence electrons. The molecule has 0 spiro atoms. The molecule has 0 unspecified atom stereocenters. The molecule has 1 aromatic heterocycles. The van der Waals surface area contributed by atoms with Crippen LogP contribution in [-0.4, -0.2) is 35.4 Å². The van der Waals surface area contributed by atoms with Gasteiger partial charge in [0.05, 0.1) is 12.0 Å². The molecule has 0 fully saturated rings. The van der Waals surface area contributed by atoms with Crippen LogP contribution in [0.4, 0.5) is 5.69 Å². The van der Waals surface area contributed by atoms with Crippen molar-refractivity contribution in [2.75, 3.05) is 13.7 Å². The lowest BCUT2D eigenvalue weighted by Crippen LogP contribution is -2.35. The second-order valence-electron chi connectivity index (χ2n) is 8.37. The lowest BCUT2D eigenvalue weighted by atomic mass is 10.1. The van der Waals surface area contributed by atoms with Crippen molar-refractivity contribution in [3.05, 3.63) is 111 Å². The molecule has 0 aliphatic rings. The van der Waals surface area contributed by atoms with Crippen molar-refractivity contribution in [2.45, 2.75) is 13.3 Å². The van der Waals surface area contributed by atoms with E-state index in [1.165, 1.54) is 18.2 Å². The third kappa shape index (κ3) is 6.02. The minimum atomic E-state index is -0.633. The molecule has 0 saturated heterocycles. The first-order valence-electron chi connectivity index (χ1n) is 11.6. The highest BCUT2D eigenvalue weighted by Crippen LogP contribution is 2.22. The summed E-state index contributed by atoms with van der Waals surface area (Å²) in [6.07, 6.45) is 2.14. The predicted molar refractivity (Wildman–Crippen MR) is 141 cm³/mol. The number of carbonyl (C=O) groups is 2. The Bertz CT molecular complexity index is 1490. The maximum atomic E-state index is 13.2. The first-order valence-corrected chi connectivity index (χ1v) is 11.6. The Balaban J connectivity index is 1.53. The van der Waals surface area contributed by atoms with E-state index in [9.17, 15) is 19.7 Å². The SMILES string of the molecule is COc1ccc(/C=C(\NC(=O)c2cccc([N+](=O)[O-])c2)C(=O)NCCc2c(C)[nH]c3ccccc23)cc1. The lowest BCUT2D eigenvalue weighted by molar-refractivity contribution is -0.384. The monoisotopic (exact) mass is 498 g/mol. The number of para-hydroxylation sites is 1. The molecule has 0 saturated carbocycles. The number of aryl methyl sites for hydroxylation is 1. The molecule has 0 atom stereocenters. The average molecular weight is 499 g/mol. The number of nitro benzene ring substituents is 1. The van der Waals surface area contributed by atoms with Gasteiger partial charge < -0.3 is 20.4 Å². The summed E-state index contributed by atoms with van der Waals surface area (Å²) in [5.74, 6) is -0.462. The van der Waals surface area contributed by atoms with Crippen LogP contribution in [0.3, 0.4) is 0 Å². The number of hydrogen-bond donors (Lipinski definition) is 3. The first-order chi connectivity index (χ1) is 17.9. The number of nitrogens with one attached hydrogen (secondary N) is 3. The summed E-state index contributed by atoms with van der Waals surface area (Å²) in [4.78, 5) is 39.9. The molecule has 3 aromatic carbocycles. The van der Waals surface area contributed by atoms with E-state index in [1.807, 2.05) is 31.2 Å². The smallest absolute Gasteiger partial charge is 0.270 e. The number of aromatic amines is 1. The van der Waals surface area contributed by atoms with Crippen molar-refractivity contribution in [3.8, 4) is 5.75 Å². The Labute approximate surface area is 213 Å². The summed E-state index contributed by atoms with van der Waals surface area (Å²) < 4.78 is 5.18. The summed E-state index contributed by atoms with van der Waals surface area (Å²) in [6, 6.07) is 20.3. The van der Waals surface area contributed by atoms with Crippen molar-refractivity contribution in [2.24, 2.45) is 0 Å². The zero-order valence-corrected chi connectivity index (χ0v) is 20.4. The number of benzene rings is 3.